The molecule has 0 aromatic heterocycles. The Kier molecular flexibility index (Phi) is 1.62. The molecule has 2 saturated carbocycles. The van der Waals surface area contributed by atoms with Crippen LogP contribution < -0.4 is 0 Å². The average molecular weight is 233 g/mol. The van der Waals surface area contributed by atoms with Crippen molar-refractivity contribution in [2.24, 2.45) is 29.1 Å². The van der Waals surface area contributed by atoms with Crippen LogP contribution in [0.3, 0.4) is 0 Å². The summed E-state index contributed by atoms with van der Waals surface area (Å²) in [5.74, 6) is 0.253. The quantitative estimate of drug-likeness (QED) is 0.546. The summed E-state index contributed by atoms with van der Waals surface area (Å²) in [5, 5.41) is 8.93. The standard InChI is InChI=1S/C13H15NO3/c15-6-5-14-11(16)9-7-1-2-8(10(9)12(14)17)13(7)3-4-13/h1-2,7-10,15H,3-6H2/t7-,8+,9-,10+. The minimum atomic E-state index is -0.134. The average Bonchev–Trinajstić information content (AvgIpc) is 2.93. The molecule has 4 atom stereocenters. The molecule has 1 N–H and O–H groups in total. The van der Waals surface area contributed by atoms with Crippen molar-refractivity contribution < 1.29 is 14.7 Å². The molecule has 4 nitrogen and oxygen atoms in total. The molecule has 90 valence electrons. The predicted molar refractivity (Wildman–Crippen MR) is 58.6 cm³/mol. The van der Waals surface area contributed by atoms with Crippen molar-refractivity contribution in [3.63, 3.8) is 0 Å². The molecule has 0 radical (unpaired) electrons. The van der Waals surface area contributed by atoms with Crippen LogP contribution >= 0.6 is 0 Å². The van der Waals surface area contributed by atoms with E-state index in [1.807, 2.05) is 0 Å². The zero-order chi connectivity index (χ0) is 11.8. The summed E-state index contributed by atoms with van der Waals surface area (Å²) >= 11 is 0. The number of nitrogens with zero attached hydrogens (tertiary/aromatic N) is 1. The molecule has 3 fully saturated rings. The number of hydrogen-bond acceptors (Lipinski definition) is 3. The Labute approximate surface area is 99.3 Å². The number of amides is 2. The van der Waals surface area contributed by atoms with E-state index in [9.17, 15) is 9.59 Å². The van der Waals surface area contributed by atoms with E-state index in [1.165, 1.54) is 17.7 Å². The third-order valence-corrected chi connectivity index (χ3v) is 5.27. The van der Waals surface area contributed by atoms with E-state index in [-0.39, 0.29) is 54.1 Å². The van der Waals surface area contributed by atoms with E-state index >= 15 is 0 Å². The number of fused-ring (bicyclic) bond motifs is 3. The number of carbonyl (C=O) groups excluding carboxylic acids is 2. The van der Waals surface area contributed by atoms with Gasteiger partial charge in [-0.05, 0) is 30.1 Å². The highest BCUT2D eigenvalue weighted by molar-refractivity contribution is 6.06. The first-order valence-corrected chi connectivity index (χ1v) is 6.35. The van der Waals surface area contributed by atoms with Crippen LogP contribution in [0.2, 0.25) is 0 Å². The van der Waals surface area contributed by atoms with Crippen LogP contribution in [0.4, 0.5) is 0 Å². The lowest BCUT2D eigenvalue weighted by molar-refractivity contribution is -0.141. The number of likely N-dealkylation sites (tertiary alicyclic amines) is 1. The van der Waals surface area contributed by atoms with Gasteiger partial charge in [-0.15, -0.1) is 0 Å². The molecule has 3 aliphatic carbocycles. The Morgan fingerprint density at radius 3 is 2.12 bits per heavy atom. The molecular weight excluding hydrogens is 218 g/mol. The molecule has 4 aliphatic rings. The maximum atomic E-state index is 12.3. The second kappa shape index (κ2) is 2.80. The number of aliphatic hydroxyl groups excluding tert-OH is 1. The molecule has 2 amide bonds. The first kappa shape index (κ1) is 9.83. The Bertz CT molecular complexity index is 418. The third kappa shape index (κ3) is 0.910. The Morgan fingerprint density at radius 1 is 1.18 bits per heavy atom. The van der Waals surface area contributed by atoms with Crippen LogP contribution in [0.5, 0.6) is 0 Å². The molecule has 4 heteroatoms. The smallest absolute Gasteiger partial charge is 0.233 e. The molecule has 17 heavy (non-hydrogen) atoms. The maximum Gasteiger partial charge on any atom is 0.233 e. The van der Waals surface area contributed by atoms with Gasteiger partial charge in [0.2, 0.25) is 11.8 Å². The SMILES string of the molecule is O=C1[C@@H]2[C@H](C(=O)N1CCO)[C@H]1C=C[C@@H]2C12CC2. The van der Waals surface area contributed by atoms with Crippen molar-refractivity contribution >= 4 is 11.8 Å². The fourth-order valence-corrected chi connectivity index (χ4v) is 4.46. The zero-order valence-electron chi connectivity index (χ0n) is 9.50. The van der Waals surface area contributed by atoms with Crippen molar-refractivity contribution in [3.8, 4) is 0 Å². The van der Waals surface area contributed by atoms with Crippen molar-refractivity contribution in [3.05, 3.63) is 12.2 Å². The highest BCUT2D eigenvalue weighted by Gasteiger charge is 2.73. The second-order valence-electron chi connectivity index (χ2n) is 5.77. The number of imide groups is 1. The summed E-state index contributed by atoms with van der Waals surface area (Å²) < 4.78 is 0. The van der Waals surface area contributed by atoms with Crippen molar-refractivity contribution in [2.45, 2.75) is 12.8 Å². The summed E-state index contributed by atoms with van der Waals surface area (Å²) in [6.45, 7) is 0.0297. The lowest BCUT2D eigenvalue weighted by Crippen LogP contribution is -2.36. The van der Waals surface area contributed by atoms with Crippen LogP contribution in [-0.2, 0) is 9.59 Å². The van der Waals surface area contributed by atoms with Gasteiger partial charge in [0.1, 0.15) is 0 Å². The van der Waals surface area contributed by atoms with Gasteiger partial charge < -0.3 is 5.11 Å². The Balaban J connectivity index is 1.74. The lowest BCUT2D eigenvalue weighted by Gasteiger charge is -2.20. The topological polar surface area (TPSA) is 57.6 Å². The number of rotatable bonds is 2. The van der Waals surface area contributed by atoms with Gasteiger partial charge in [0, 0.05) is 0 Å². The van der Waals surface area contributed by atoms with E-state index in [1.54, 1.807) is 0 Å². The fraction of sp³-hybridized carbons (Fsp3) is 0.692. The molecule has 4 rings (SSSR count). The first-order valence-electron chi connectivity index (χ1n) is 6.35. The molecular formula is C13H15NO3. The van der Waals surface area contributed by atoms with Crippen LogP contribution in [-0.4, -0.2) is 35.0 Å². The van der Waals surface area contributed by atoms with E-state index in [0.717, 1.165) is 0 Å². The number of aliphatic hydroxyl groups is 1. The molecule has 1 spiro atoms. The highest BCUT2D eigenvalue weighted by atomic mass is 16.3. The van der Waals surface area contributed by atoms with Gasteiger partial charge in [0.25, 0.3) is 0 Å². The molecule has 0 aromatic carbocycles. The van der Waals surface area contributed by atoms with E-state index in [2.05, 4.69) is 12.2 Å². The van der Waals surface area contributed by atoms with Gasteiger partial charge in [-0.1, -0.05) is 12.2 Å². The Hall–Kier alpha value is -1.16. The molecule has 2 bridgehead atoms. The van der Waals surface area contributed by atoms with Gasteiger partial charge >= 0.3 is 0 Å². The summed E-state index contributed by atoms with van der Waals surface area (Å²) in [5.41, 5.74) is 0.270. The molecule has 1 saturated heterocycles. The maximum absolute atomic E-state index is 12.3. The van der Waals surface area contributed by atoms with Crippen LogP contribution in [0.25, 0.3) is 0 Å². The van der Waals surface area contributed by atoms with Crippen molar-refractivity contribution in [1.29, 1.82) is 0 Å². The largest absolute Gasteiger partial charge is 0.395 e. The zero-order valence-corrected chi connectivity index (χ0v) is 9.50. The second-order valence-corrected chi connectivity index (χ2v) is 5.77. The summed E-state index contributed by atoms with van der Waals surface area (Å²) in [6.07, 6.45) is 6.66. The molecule has 1 heterocycles. The van der Waals surface area contributed by atoms with Gasteiger partial charge in [-0.3, -0.25) is 14.5 Å². The van der Waals surface area contributed by atoms with Gasteiger partial charge in [-0.25, -0.2) is 0 Å². The normalized spacial score (nSPS) is 43.9. The summed E-state index contributed by atoms with van der Waals surface area (Å²) in [6, 6.07) is 0. The van der Waals surface area contributed by atoms with Crippen molar-refractivity contribution in [1.82, 2.24) is 4.90 Å². The van der Waals surface area contributed by atoms with Gasteiger partial charge in [-0.2, -0.15) is 0 Å². The number of hydrogen-bond donors (Lipinski definition) is 1. The van der Waals surface area contributed by atoms with Crippen LogP contribution in [0, 0.1) is 29.1 Å². The third-order valence-electron chi connectivity index (χ3n) is 5.27. The van der Waals surface area contributed by atoms with Crippen LogP contribution in [0.1, 0.15) is 12.8 Å². The molecule has 1 aliphatic heterocycles. The molecule has 0 aromatic rings. The number of β-amino-alcohol motifs (C(OH)–C–C–N with tert-alkyl or cyclic N) is 1. The Morgan fingerprint density at radius 2 is 1.71 bits per heavy atom. The van der Waals surface area contributed by atoms with E-state index in [0.29, 0.717) is 0 Å². The van der Waals surface area contributed by atoms with Gasteiger partial charge in [0.15, 0.2) is 0 Å². The highest BCUT2D eigenvalue weighted by Crippen LogP contribution is 2.73. The first-order chi connectivity index (χ1) is 8.20. The monoisotopic (exact) mass is 233 g/mol. The molecule has 0 unspecified atom stereocenters. The van der Waals surface area contributed by atoms with Crippen molar-refractivity contribution in [2.75, 3.05) is 13.2 Å². The fourth-order valence-electron chi connectivity index (χ4n) is 4.46. The van der Waals surface area contributed by atoms with E-state index < -0.39 is 0 Å². The lowest BCUT2D eigenvalue weighted by atomic mass is 9.85. The van der Waals surface area contributed by atoms with E-state index in [4.69, 9.17) is 5.11 Å². The predicted octanol–water partition coefficient (Wildman–Crippen LogP) is 0.176. The minimum Gasteiger partial charge on any atom is -0.395 e. The minimum absolute atomic E-state index is 0.0443. The van der Waals surface area contributed by atoms with Gasteiger partial charge in [0.05, 0.1) is 25.0 Å². The summed E-state index contributed by atoms with van der Waals surface area (Å²) in [7, 11) is 0. The number of carbonyl (C=O) groups is 2. The summed E-state index contributed by atoms with van der Waals surface area (Å²) in [4.78, 5) is 25.8. The van der Waals surface area contributed by atoms with Crippen LogP contribution in [0.15, 0.2) is 12.2 Å². The number of allylic oxidation sites excluding steroid dienone is 2.